The summed E-state index contributed by atoms with van der Waals surface area (Å²) >= 11 is 7.10. The van der Waals surface area contributed by atoms with Crippen LogP contribution in [0, 0.1) is 0 Å². The van der Waals surface area contributed by atoms with E-state index < -0.39 is 0 Å². The summed E-state index contributed by atoms with van der Waals surface area (Å²) in [6, 6.07) is 8.10. The van der Waals surface area contributed by atoms with Crippen LogP contribution in [0.5, 0.6) is 0 Å². The number of benzene rings is 1. The van der Waals surface area contributed by atoms with Crippen molar-refractivity contribution in [2.45, 2.75) is 32.7 Å². The highest BCUT2D eigenvalue weighted by molar-refractivity contribution is 9.11. The van der Waals surface area contributed by atoms with Gasteiger partial charge in [0.15, 0.2) is 0 Å². The number of nitrogens with two attached hydrogens (primary N) is 1. The fourth-order valence-corrected chi connectivity index (χ4v) is 3.13. The molecule has 0 atom stereocenters. The molecule has 2 N–H and O–H groups in total. The third-order valence-electron chi connectivity index (χ3n) is 2.92. The molecular weight excluding hydrogens is 370 g/mol. The van der Waals surface area contributed by atoms with Crippen molar-refractivity contribution >= 4 is 37.7 Å². The second-order valence-electron chi connectivity index (χ2n) is 5.55. The van der Waals surface area contributed by atoms with E-state index in [0.29, 0.717) is 12.4 Å². The van der Waals surface area contributed by atoms with Gasteiger partial charge in [0.1, 0.15) is 5.82 Å². The zero-order valence-electron chi connectivity index (χ0n) is 11.2. The summed E-state index contributed by atoms with van der Waals surface area (Å²) in [5, 5.41) is 4.64. The van der Waals surface area contributed by atoms with Crippen LogP contribution in [-0.2, 0) is 12.0 Å². The Morgan fingerprint density at radius 3 is 2.37 bits per heavy atom. The van der Waals surface area contributed by atoms with Gasteiger partial charge < -0.3 is 5.73 Å². The summed E-state index contributed by atoms with van der Waals surface area (Å²) in [6.45, 7) is 7.04. The Labute approximate surface area is 130 Å². The van der Waals surface area contributed by atoms with Gasteiger partial charge in [0.2, 0.25) is 0 Å². The maximum atomic E-state index is 6.14. The van der Waals surface area contributed by atoms with Crippen molar-refractivity contribution in [1.82, 2.24) is 9.78 Å². The summed E-state index contributed by atoms with van der Waals surface area (Å²) < 4.78 is 3.80. The average Bonchev–Trinajstić information content (AvgIpc) is 2.60. The van der Waals surface area contributed by atoms with E-state index in [-0.39, 0.29) is 5.41 Å². The van der Waals surface area contributed by atoms with Gasteiger partial charge in [-0.25, -0.2) is 4.68 Å². The molecule has 0 radical (unpaired) electrons. The first-order valence-electron chi connectivity index (χ1n) is 6.06. The van der Waals surface area contributed by atoms with Crippen molar-refractivity contribution in [3.05, 3.63) is 44.5 Å². The maximum absolute atomic E-state index is 6.14. The molecule has 0 saturated heterocycles. The molecule has 0 aliphatic carbocycles. The number of nitrogen functional groups attached to an aromatic ring is 1. The second-order valence-corrected chi connectivity index (χ2v) is 7.19. The predicted octanol–water partition coefficient (Wildman–Crippen LogP) is 4.34. The minimum atomic E-state index is -0.0356. The molecule has 2 rings (SSSR count). The van der Waals surface area contributed by atoms with Crippen LogP contribution in [0.25, 0.3) is 0 Å². The monoisotopic (exact) mass is 385 g/mol. The SMILES string of the molecule is CC(C)(C)c1nn(Cc2ccccc2Br)c(N)c1Br. The van der Waals surface area contributed by atoms with Gasteiger partial charge in [0.05, 0.1) is 16.7 Å². The number of aromatic nitrogens is 2. The molecule has 1 aromatic carbocycles. The van der Waals surface area contributed by atoms with E-state index in [1.807, 2.05) is 22.9 Å². The molecule has 19 heavy (non-hydrogen) atoms. The van der Waals surface area contributed by atoms with Crippen molar-refractivity contribution < 1.29 is 0 Å². The van der Waals surface area contributed by atoms with Crippen molar-refractivity contribution in [2.24, 2.45) is 0 Å². The summed E-state index contributed by atoms with van der Waals surface area (Å²) in [7, 11) is 0. The lowest BCUT2D eigenvalue weighted by Crippen LogP contribution is -2.14. The zero-order valence-corrected chi connectivity index (χ0v) is 14.4. The Kier molecular flexibility index (Phi) is 4.06. The number of hydrogen-bond donors (Lipinski definition) is 1. The molecule has 1 aromatic heterocycles. The van der Waals surface area contributed by atoms with E-state index >= 15 is 0 Å². The van der Waals surface area contributed by atoms with Gasteiger partial charge in [-0.05, 0) is 27.6 Å². The van der Waals surface area contributed by atoms with Crippen LogP contribution in [0.2, 0.25) is 0 Å². The first kappa shape index (κ1) is 14.6. The first-order valence-corrected chi connectivity index (χ1v) is 7.65. The molecule has 0 unspecified atom stereocenters. The highest BCUT2D eigenvalue weighted by Crippen LogP contribution is 2.33. The topological polar surface area (TPSA) is 43.8 Å². The summed E-state index contributed by atoms with van der Waals surface area (Å²) in [5.74, 6) is 0.667. The number of rotatable bonds is 2. The van der Waals surface area contributed by atoms with Gasteiger partial charge in [-0.3, -0.25) is 0 Å². The smallest absolute Gasteiger partial charge is 0.136 e. The lowest BCUT2D eigenvalue weighted by atomic mass is 9.92. The summed E-state index contributed by atoms with van der Waals surface area (Å²) in [4.78, 5) is 0. The molecule has 0 bridgehead atoms. The number of nitrogens with zero attached hydrogens (tertiary/aromatic N) is 2. The Balaban J connectivity index is 2.40. The Hall–Kier alpha value is -0.810. The standard InChI is InChI=1S/C14H17Br2N3/c1-14(2,3)12-11(16)13(17)19(18-12)8-9-6-4-5-7-10(9)15/h4-7H,8,17H2,1-3H3. The molecule has 0 aliphatic rings. The Morgan fingerprint density at radius 1 is 1.21 bits per heavy atom. The van der Waals surface area contributed by atoms with Crippen LogP contribution in [0.1, 0.15) is 32.0 Å². The van der Waals surface area contributed by atoms with Gasteiger partial charge in [0.25, 0.3) is 0 Å². The van der Waals surface area contributed by atoms with Crippen LogP contribution >= 0.6 is 31.9 Å². The molecule has 102 valence electrons. The Bertz CT molecular complexity index is 597. The molecule has 1 heterocycles. The molecule has 0 fully saturated rings. The highest BCUT2D eigenvalue weighted by Gasteiger charge is 2.24. The minimum Gasteiger partial charge on any atom is -0.383 e. The third kappa shape index (κ3) is 3.03. The van der Waals surface area contributed by atoms with Gasteiger partial charge in [-0.15, -0.1) is 0 Å². The van der Waals surface area contributed by atoms with E-state index in [1.165, 1.54) is 0 Å². The number of halogens is 2. The molecule has 0 saturated carbocycles. The van der Waals surface area contributed by atoms with Gasteiger partial charge in [-0.2, -0.15) is 5.10 Å². The van der Waals surface area contributed by atoms with Crippen LogP contribution in [0.3, 0.4) is 0 Å². The predicted molar refractivity (Wildman–Crippen MR) is 86.3 cm³/mol. The first-order chi connectivity index (χ1) is 8.80. The molecule has 3 nitrogen and oxygen atoms in total. The zero-order chi connectivity index (χ0) is 14.2. The lowest BCUT2D eigenvalue weighted by molar-refractivity contribution is 0.544. The van der Waals surface area contributed by atoms with Crippen LogP contribution in [-0.4, -0.2) is 9.78 Å². The van der Waals surface area contributed by atoms with Crippen LogP contribution in [0.15, 0.2) is 33.2 Å². The van der Waals surface area contributed by atoms with Crippen molar-refractivity contribution in [2.75, 3.05) is 5.73 Å². The Morgan fingerprint density at radius 2 is 1.84 bits per heavy atom. The van der Waals surface area contributed by atoms with Crippen molar-refractivity contribution in [3.63, 3.8) is 0 Å². The van der Waals surface area contributed by atoms with Gasteiger partial charge in [-0.1, -0.05) is 54.9 Å². The third-order valence-corrected chi connectivity index (χ3v) is 4.48. The highest BCUT2D eigenvalue weighted by atomic mass is 79.9. The fourth-order valence-electron chi connectivity index (χ4n) is 1.84. The van der Waals surface area contributed by atoms with Gasteiger partial charge >= 0.3 is 0 Å². The van der Waals surface area contributed by atoms with Crippen LogP contribution in [0.4, 0.5) is 5.82 Å². The molecule has 0 amide bonds. The fraction of sp³-hybridized carbons (Fsp3) is 0.357. The normalized spacial score (nSPS) is 11.8. The van der Waals surface area contributed by atoms with Gasteiger partial charge in [0, 0.05) is 9.89 Å². The van der Waals surface area contributed by atoms with E-state index in [4.69, 9.17) is 5.73 Å². The van der Waals surface area contributed by atoms with Crippen molar-refractivity contribution in [1.29, 1.82) is 0 Å². The summed E-state index contributed by atoms with van der Waals surface area (Å²) in [5.41, 5.74) is 8.24. The summed E-state index contributed by atoms with van der Waals surface area (Å²) in [6.07, 6.45) is 0. The number of hydrogen-bond acceptors (Lipinski definition) is 2. The van der Waals surface area contributed by atoms with Crippen LogP contribution < -0.4 is 5.73 Å². The van der Waals surface area contributed by atoms with Crippen molar-refractivity contribution in [3.8, 4) is 0 Å². The number of anilines is 1. The largest absolute Gasteiger partial charge is 0.383 e. The maximum Gasteiger partial charge on any atom is 0.136 e. The average molecular weight is 387 g/mol. The molecule has 0 spiro atoms. The minimum absolute atomic E-state index is 0.0356. The quantitative estimate of drug-likeness (QED) is 0.834. The molecule has 5 heteroatoms. The van der Waals surface area contributed by atoms with E-state index in [9.17, 15) is 0 Å². The van der Waals surface area contributed by atoms with E-state index in [1.54, 1.807) is 0 Å². The lowest BCUT2D eigenvalue weighted by Gasteiger charge is -2.15. The van der Waals surface area contributed by atoms with E-state index in [2.05, 4.69) is 63.8 Å². The second kappa shape index (κ2) is 5.29. The van der Waals surface area contributed by atoms with E-state index in [0.717, 1.165) is 20.2 Å². The molecule has 2 aromatic rings. The molecule has 0 aliphatic heterocycles. The molecular formula is C14H17Br2N3.